The summed E-state index contributed by atoms with van der Waals surface area (Å²) in [6.45, 7) is 1.83. The number of aliphatic hydroxyl groups is 1. The van der Waals surface area contributed by atoms with Crippen LogP contribution in [0.5, 0.6) is 5.75 Å². The molecule has 1 aromatic carbocycles. The zero-order valence-electron chi connectivity index (χ0n) is 11.3. The number of amides is 2. The maximum Gasteiger partial charge on any atom is 0.243 e. The van der Waals surface area contributed by atoms with Gasteiger partial charge in [-0.15, -0.1) is 0 Å². The minimum Gasteiger partial charge on any atom is -0.494 e. The van der Waals surface area contributed by atoms with Crippen LogP contribution in [0.2, 0.25) is 0 Å². The van der Waals surface area contributed by atoms with Gasteiger partial charge in [-0.2, -0.15) is 0 Å². The quantitative estimate of drug-likeness (QED) is 0.542. The Kier molecular flexibility index (Phi) is 6.48. The number of nitrogens with one attached hydrogen (secondary N) is 2. The summed E-state index contributed by atoms with van der Waals surface area (Å²) >= 11 is 0. The minimum absolute atomic E-state index is 0.155. The first-order valence-corrected chi connectivity index (χ1v) is 6.23. The molecule has 7 nitrogen and oxygen atoms in total. The summed E-state index contributed by atoms with van der Waals surface area (Å²) in [6, 6.07) is 4.95. The third-order valence-corrected chi connectivity index (χ3v) is 2.45. The molecule has 0 aliphatic rings. The van der Waals surface area contributed by atoms with Crippen molar-refractivity contribution in [1.82, 2.24) is 5.32 Å². The van der Waals surface area contributed by atoms with Gasteiger partial charge in [0.15, 0.2) is 0 Å². The third kappa shape index (κ3) is 4.87. The van der Waals surface area contributed by atoms with E-state index in [2.05, 4.69) is 10.6 Å². The minimum atomic E-state index is -0.400. The van der Waals surface area contributed by atoms with E-state index in [9.17, 15) is 14.7 Å². The highest BCUT2D eigenvalue weighted by Gasteiger charge is 2.08. The SMILES string of the molecule is CCOc1ccc(NC(=O)CNC(=O)CN)cc1CO. The van der Waals surface area contributed by atoms with Gasteiger partial charge in [0.05, 0.1) is 26.3 Å². The van der Waals surface area contributed by atoms with Crippen molar-refractivity contribution >= 4 is 17.5 Å². The van der Waals surface area contributed by atoms with Crippen LogP contribution in [0.15, 0.2) is 18.2 Å². The number of anilines is 1. The van der Waals surface area contributed by atoms with E-state index in [1.54, 1.807) is 18.2 Å². The standard InChI is InChI=1S/C13H19N3O4/c1-2-20-11-4-3-10(5-9(11)8-17)16-13(19)7-15-12(18)6-14/h3-5,17H,2,6-8,14H2,1H3,(H,15,18)(H,16,19). The summed E-state index contributed by atoms with van der Waals surface area (Å²) in [4.78, 5) is 22.5. The molecule has 0 spiro atoms. The Balaban J connectivity index is 2.63. The number of aliphatic hydroxyl groups excluding tert-OH is 1. The fourth-order valence-corrected chi connectivity index (χ4v) is 1.53. The number of carbonyl (C=O) groups is 2. The molecule has 0 aliphatic heterocycles. The molecule has 0 heterocycles. The van der Waals surface area contributed by atoms with Crippen LogP contribution in [0.4, 0.5) is 5.69 Å². The van der Waals surface area contributed by atoms with Crippen LogP contribution in [0.3, 0.4) is 0 Å². The number of nitrogens with two attached hydrogens (primary N) is 1. The molecule has 0 saturated heterocycles. The van der Waals surface area contributed by atoms with E-state index in [1.165, 1.54) is 0 Å². The number of benzene rings is 1. The summed E-state index contributed by atoms with van der Waals surface area (Å²) in [6.07, 6.45) is 0. The molecular formula is C13H19N3O4. The van der Waals surface area contributed by atoms with E-state index in [4.69, 9.17) is 10.5 Å². The van der Waals surface area contributed by atoms with Gasteiger partial charge in [-0.1, -0.05) is 0 Å². The molecule has 1 aromatic rings. The summed E-state index contributed by atoms with van der Waals surface area (Å²) in [5, 5.41) is 14.2. The highest BCUT2D eigenvalue weighted by molar-refractivity contribution is 5.94. The molecule has 0 unspecified atom stereocenters. The van der Waals surface area contributed by atoms with Crippen LogP contribution in [0.1, 0.15) is 12.5 Å². The van der Waals surface area contributed by atoms with Gasteiger partial charge in [-0.3, -0.25) is 9.59 Å². The maximum atomic E-state index is 11.6. The molecular weight excluding hydrogens is 262 g/mol. The second kappa shape index (κ2) is 8.13. The lowest BCUT2D eigenvalue weighted by atomic mass is 10.2. The highest BCUT2D eigenvalue weighted by Crippen LogP contribution is 2.22. The van der Waals surface area contributed by atoms with Gasteiger partial charge in [0, 0.05) is 11.3 Å². The van der Waals surface area contributed by atoms with Gasteiger partial charge >= 0.3 is 0 Å². The van der Waals surface area contributed by atoms with Crippen molar-refractivity contribution in [1.29, 1.82) is 0 Å². The van der Waals surface area contributed by atoms with Gasteiger partial charge < -0.3 is 26.2 Å². The number of hydrogen-bond donors (Lipinski definition) is 4. The molecule has 20 heavy (non-hydrogen) atoms. The van der Waals surface area contributed by atoms with E-state index in [0.29, 0.717) is 23.6 Å². The van der Waals surface area contributed by atoms with Gasteiger partial charge in [0.25, 0.3) is 0 Å². The van der Waals surface area contributed by atoms with Gasteiger partial charge in [-0.25, -0.2) is 0 Å². The Bertz CT molecular complexity index is 477. The molecule has 2 amide bonds. The van der Waals surface area contributed by atoms with Crippen molar-refractivity contribution in [2.45, 2.75) is 13.5 Å². The van der Waals surface area contributed by atoms with Crippen LogP contribution in [0, 0.1) is 0 Å². The van der Waals surface area contributed by atoms with E-state index >= 15 is 0 Å². The highest BCUT2D eigenvalue weighted by atomic mass is 16.5. The summed E-state index contributed by atoms with van der Waals surface area (Å²) in [7, 11) is 0. The van der Waals surface area contributed by atoms with Crippen molar-refractivity contribution in [3.63, 3.8) is 0 Å². The molecule has 7 heteroatoms. The molecule has 0 aromatic heterocycles. The molecule has 0 aliphatic carbocycles. The van der Waals surface area contributed by atoms with E-state index < -0.39 is 5.91 Å². The van der Waals surface area contributed by atoms with Gasteiger partial charge in [0.1, 0.15) is 5.75 Å². The topological polar surface area (TPSA) is 114 Å². The first kappa shape index (κ1) is 15.9. The number of carbonyl (C=O) groups excluding carboxylic acids is 2. The lowest BCUT2D eigenvalue weighted by Gasteiger charge is -2.11. The number of rotatable bonds is 7. The van der Waals surface area contributed by atoms with Gasteiger partial charge in [-0.05, 0) is 25.1 Å². The fraction of sp³-hybridized carbons (Fsp3) is 0.385. The molecule has 0 fully saturated rings. The molecule has 110 valence electrons. The summed E-state index contributed by atoms with van der Waals surface area (Å²) in [5.41, 5.74) is 6.21. The van der Waals surface area contributed by atoms with E-state index in [0.717, 1.165) is 0 Å². The predicted octanol–water partition coefficient (Wildman–Crippen LogP) is -0.409. The average Bonchev–Trinajstić information content (AvgIpc) is 2.46. The van der Waals surface area contributed by atoms with E-state index in [-0.39, 0.29) is 25.6 Å². The van der Waals surface area contributed by atoms with Crippen LogP contribution < -0.4 is 21.1 Å². The predicted molar refractivity (Wildman–Crippen MR) is 74.2 cm³/mol. The monoisotopic (exact) mass is 281 g/mol. The normalized spacial score (nSPS) is 9.95. The number of ether oxygens (including phenoxy) is 1. The Morgan fingerprint density at radius 3 is 2.70 bits per heavy atom. The van der Waals surface area contributed by atoms with Crippen LogP contribution in [0.25, 0.3) is 0 Å². The summed E-state index contributed by atoms with van der Waals surface area (Å²) in [5.74, 6) is -0.202. The summed E-state index contributed by atoms with van der Waals surface area (Å²) < 4.78 is 5.34. The Labute approximate surface area is 117 Å². The Morgan fingerprint density at radius 2 is 2.10 bits per heavy atom. The van der Waals surface area contributed by atoms with Crippen molar-refractivity contribution < 1.29 is 19.4 Å². The molecule has 1 rings (SSSR count). The van der Waals surface area contributed by atoms with Crippen LogP contribution in [-0.4, -0.2) is 36.6 Å². The van der Waals surface area contributed by atoms with Crippen molar-refractivity contribution in [3.8, 4) is 5.75 Å². The molecule has 0 saturated carbocycles. The molecule has 0 atom stereocenters. The molecule has 0 bridgehead atoms. The molecule has 0 radical (unpaired) electrons. The lowest BCUT2D eigenvalue weighted by molar-refractivity contribution is -0.123. The largest absolute Gasteiger partial charge is 0.494 e. The third-order valence-electron chi connectivity index (χ3n) is 2.45. The molecule has 5 N–H and O–H groups in total. The Hall–Kier alpha value is -2.12. The Morgan fingerprint density at radius 1 is 1.35 bits per heavy atom. The van der Waals surface area contributed by atoms with Crippen molar-refractivity contribution in [2.24, 2.45) is 5.73 Å². The van der Waals surface area contributed by atoms with Crippen molar-refractivity contribution in [2.75, 3.05) is 25.0 Å². The van der Waals surface area contributed by atoms with Crippen LogP contribution >= 0.6 is 0 Å². The first-order chi connectivity index (χ1) is 9.60. The zero-order valence-corrected chi connectivity index (χ0v) is 11.3. The van der Waals surface area contributed by atoms with Crippen LogP contribution in [-0.2, 0) is 16.2 Å². The number of hydrogen-bond acceptors (Lipinski definition) is 5. The second-order valence-electron chi connectivity index (χ2n) is 3.94. The zero-order chi connectivity index (χ0) is 15.0. The smallest absolute Gasteiger partial charge is 0.243 e. The lowest BCUT2D eigenvalue weighted by Crippen LogP contribution is -2.36. The first-order valence-electron chi connectivity index (χ1n) is 6.23. The van der Waals surface area contributed by atoms with Gasteiger partial charge in [0.2, 0.25) is 11.8 Å². The van der Waals surface area contributed by atoms with Crippen molar-refractivity contribution in [3.05, 3.63) is 23.8 Å². The average molecular weight is 281 g/mol. The maximum absolute atomic E-state index is 11.6. The van der Waals surface area contributed by atoms with E-state index in [1.807, 2.05) is 6.92 Å². The second-order valence-corrected chi connectivity index (χ2v) is 3.94. The fourth-order valence-electron chi connectivity index (χ4n) is 1.53.